The molecule has 0 saturated heterocycles. The minimum atomic E-state index is 0.695. The molecule has 2 rings (SSSR count). The van der Waals surface area contributed by atoms with Crippen LogP contribution in [0.4, 0.5) is 0 Å². The largest absolute Gasteiger partial charge is 0.496 e. The summed E-state index contributed by atoms with van der Waals surface area (Å²) in [5.74, 6) is 1.85. The molecule has 1 aliphatic rings. The SMILES string of the molecule is COc1ccsc1CNC1CCCCC1C. The van der Waals surface area contributed by atoms with Gasteiger partial charge in [0.25, 0.3) is 0 Å². The first-order valence-corrected chi connectivity index (χ1v) is 7.03. The van der Waals surface area contributed by atoms with Gasteiger partial charge in [-0.25, -0.2) is 0 Å². The molecule has 1 fully saturated rings. The number of rotatable bonds is 4. The molecular weight excluding hydrogens is 218 g/mol. The van der Waals surface area contributed by atoms with Gasteiger partial charge >= 0.3 is 0 Å². The Labute approximate surface area is 102 Å². The quantitative estimate of drug-likeness (QED) is 0.869. The van der Waals surface area contributed by atoms with Crippen molar-refractivity contribution in [2.24, 2.45) is 5.92 Å². The van der Waals surface area contributed by atoms with Crippen molar-refractivity contribution in [1.29, 1.82) is 0 Å². The normalized spacial score (nSPS) is 25.6. The summed E-state index contributed by atoms with van der Waals surface area (Å²) in [6, 6.07) is 2.74. The van der Waals surface area contributed by atoms with E-state index in [2.05, 4.69) is 17.6 Å². The van der Waals surface area contributed by atoms with Gasteiger partial charge in [0.2, 0.25) is 0 Å². The second-order valence-corrected chi connectivity index (χ2v) is 5.66. The van der Waals surface area contributed by atoms with Crippen LogP contribution in [0.5, 0.6) is 5.75 Å². The third-order valence-electron chi connectivity index (χ3n) is 3.56. The average Bonchev–Trinajstić information content (AvgIpc) is 2.75. The lowest BCUT2D eigenvalue weighted by Crippen LogP contribution is -2.36. The maximum Gasteiger partial charge on any atom is 0.134 e. The van der Waals surface area contributed by atoms with Gasteiger partial charge in [-0.2, -0.15) is 0 Å². The van der Waals surface area contributed by atoms with E-state index >= 15 is 0 Å². The number of thiophene rings is 1. The Hall–Kier alpha value is -0.540. The van der Waals surface area contributed by atoms with Gasteiger partial charge in [-0.1, -0.05) is 19.8 Å². The zero-order chi connectivity index (χ0) is 11.4. The van der Waals surface area contributed by atoms with E-state index in [1.807, 2.05) is 6.07 Å². The van der Waals surface area contributed by atoms with E-state index in [1.165, 1.54) is 30.6 Å². The third kappa shape index (κ3) is 2.77. The molecule has 1 aromatic heterocycles. The van der Waals surface area contributed by atoms with Gasteiger partial charge in [0, 0.05) is 12.6 Å². The maximum atomic E-state index is 5.32. The molecule has 1 saturated carbocycles. The standard InChI is InChI=1S/C13H21NOS/c1-10-5-3-4-6-11(10)14-9-13-12(15-2)7-8-16-13/h7-8,10-11,14H,3-6,9H2,1-2H3. The molecule has 0 amide bonds. The van der Waals surface area contributed by atoms with Gasteiger partial charge in [-0.05, 0) is 30.2 Å². The van der Waals surface area contributed by atoms with Gasteiger partial charge < -0.3 is 10.1 Å². The number of methoxy groups -OCH3 is 1. The number of hydrogen-bond acceptors (Lipinski definition) is 3. The molecule has 1 N–H and O–H groups in total. The minimum Gasteiger partial charge on any atom is -0.496 e. The first-order chi connectivity index (χ1) is 7.81. The highest BCUT2D eigenvalue weighted by Gasteiger charge is 2.20. The fourth-order valence-electron chi connectivity index (χ4n) is 2.48. The molecule has 0 radical (unpaired) electrons. The molecule has 1 aromatic rings. The van der Waals surface area contributed by atoms with Gasteiger partial charge in [0.1, 0.15) is 5.75 Å². The van der Waals surface area contributed by atoms with Gasteiger partial charge in [-0.3, -0.25) is 0 Å². The van der Waals surface area contributed by atoms with Crippen LogP contribution in [-0.4, -0.2) is 13.2 Å². The van der Waals surface area contributed by atoms with Crippen LogP contribution >= 0.6 is 11.3 Å². The Kier molecular flexibility index (Phi) is 4.24. The molecule has 2 atom stereocenters. The Morgan fingerprint density at radius 3 is 3.00 bits per heavy atom. The Morgan fingerprint density at radius 1 is 1.44 bits per heavy atom. The van der Waals surface area contributed by atoms with E-state index in [0.29, 0.717) is 6.04 Å². The van der Waals surface area contributed by atoms with Crippen LogP contribution < -0.4 is 10.1 Å². The fourth-order valence-corrected chi connectivity index (χ4v) is 3.27. The molecule has 2 nitrogen and oxygen atoms in total. The van der Waals surface area contributed by atoms with Crippen molar-refractivity contribution in [3.8, 4) is 5.75 Å². The van der Waals surface area contributed by atoms with Crippen LogP contribution in [0.25, 0.3) is 0 Å². The summed E-state index contributed by atoms with van der Waals surface area (Å²) in [5, 5.41) is 5.78. The number of ether oxygens (including phenoxy) is 1. The summed E-state index contributed by atoms with van der Waals surface area (Å²) in [6.07, 6.45) is 5.49. The van der Waals surface area contributed by atoms with Crippen LogP contribution in [0.2, 0.25) is 0 Å². The molecule has 1 heterocycles. The third-order valence-corrected chi connectivity index (χ3v) is 4.46. The lowest BCUT2D eigenvalue weighted by molar-refractivity contribution is 0.279. The molecule has 1 aliphatic carbocycles. The van der Waals surface area contributed by atoms with Crippen LogP contribution in [0, 0.1) is 5.92 Å². The highest BCUT2D eigenvalue weighted by molar-refractivity contribution is 7.10. The molecule has 90 valence electrons. The summed E-state index contributed by atoms with van der Waals surface area (Å²) in [7, 11) is 1.74. The molecule has 3 heteroatoms. The summed E-state index contributed by atoms with van der Waals surface area (Å²) in [4.78, 5) is 1.32. The smallest absolute Gasteiger partial charge is 0.134 e. The van der Waals surface area contributed by atoms with E-state index in [-0.39, 0.29) is 0 Å². The van der Waals surface area contributed by atoms with Gasteiger partial charge in [-0.15, -0.1) is 11.3 Å². The highest BCUT2D eigenvalue weighted by atomic mass is 32.1. The average molecular weight is 239 g/mol. The van der Waals surface area contributed by atoms with Crippen LogP contribution in [0.1, 0.15) is 37.5 Å². The fraction of sp³-hybridized carbons (Fsp3) is 0.692. The van der Waals surface area contributed by atoms with Crippen molar-refractivity contribution in [1.82, 2.24) is 5.32 Å². The Morgan fingerprint density at radius 2 is 2.25 bits per heavy atom. The van der Waals surface area contributed by atoms with Crippen molar-refractivity contribution >= 4 is 11.3 Å². The van der Waals surface area contributed by atoms with Crippen molar-refractivity contribution in [3.05, 3.63) is 16.3 Å². The summed E-state index contributed by atoms with van der Waals surface area (Å²) < 4.78 is 5.32. The van der Waals surface area contributed by atoms with Crippen molar-refractivity contribution in [3.63, 3.8) is 0 Å². The lowest BCUT2D eigenvalue weighted by Gasteiger charge is -2.29. The van der Waals surface area contributed by atoms with Crippen LogP contribution in [0.15, 0.2) is 11.4 Å². The molecule has 2 unspecified atom stereocenters. The second-order valence-electron chi connectivity index (χ2n) is 4.66. The maximum absolute atomic E-state index is 5.32. The molecular formula is C13H21NOS. The minimum absolute atomic E-state index is 0.695. The van der Waals surface area contributed by atoms with E-state index < -0.39 is 0 Å². The molecule has 0 aliphatic heterocycles. The van der Waals surface area contributed by atoms with Crippen LogP contribution in [-0.2, 0) is 6.54 Å². The Bertz CT molecular complexity index is 323. The van der Waals surface area contributed by atoms with Crippen LogP contribution in [0.3, 0.4) is 0 Å². The van der Waals surface area contributed by atoms with Crippen molar-refractivity contribution in [2.45, 2.75) is 45.2 Å². The van der Waals surface area contributed by atoms with E-state index in [0.717, 1.165) is 18.2 Å². The Balaban J connectivity index is 1.86. The molecule has 0 spiro atoms. The molecule has 16 heavy (non-hydrogen) atoms. The topological polar surface area (TPSA) is 21.3 Å². The second kappa shape index (κ2) is 5.69. The van der Waals surface area contributed by atoms with E-state index in [4.69, 9.17) is 4.74 Å². The number of nitrogens with one attached hydrogen (secondary N) is 1. The first-order valence-electron chi connectivity index (χ1n) is 6.15. The van der Waals surface area contributed by atoms with E-state index in [1.54, 1.807) is 18.4 Å². The predicted octanol–water partition coefficient (Wildman–Crippen LogP) is 3.43. The summed E-state index contributed by atoms with van der Waals surface area (Å²) in [6.45, 7) is 3.32. The summed E-state index contributed by atoms with van der Waals surface area (Å²) in [5.41, 5.74) is 0. The zero-order valence-electron chi connectivity index (χ0n) is 10.2. The lowest BCUT2D eigenvalue weighted by atomic mass is 9.86. The van der Waals surface area contributed by atoms with Gasteiger partial charge in [0.05, 0.1) is 12.0 Å². The van der Waals surface area contributed by atoms with E-state index in [9.17, 15) is 0 Å². The van der Waals surface area contributed by atoms with Crippen molar-refractivity contribution in [2.75, 3.05) is 7.11 Å². The van der Waals surface area contributed by atoms with Crippen molar-refractivity contribution < 1.29 is 4.74 Å². The number of hydrogen-bond donors (Lipinski definition) is 1. The highest BCUT2D eigenvalue weighted by Crippen LogP contribution is 2.27. The van der Waals surface area contributed by atoms with Gasteiger partial charge in [0.15, 0.2) is 0 Å². The predicted molar refractivity (Wildman–Crippen MR) is 69.1 cm³/mol. The molecule has 0 aromatic carbocycles. The molecule has 0 bridgehead atoms. The monoisotopic (exact) mass is 239 g/mol. The summed E-state index contributed by atoms with van der Waals surface area (Å²) >= 11 is 1.78. The zero-order valence-corrected chi connectivity index (χ0v) is 11.0. The first kappa shape index (κ1) is 11.9.